The molecule has 0 aliphatic rings. The maximum Gasteiger partial charge on any atom is 0.160 e. The van der Waals surface area contributed by atoms with Gasteiger partial charge in [0.1, 0.15) is 0 Å². The Bertz CT molecular complexity index is 4080. The lowest BCUT2D eigenvalue weighted by Crippen LogP contribution is -1.96. The summed E-state index contributed by atoms with van der Waals surface area (Å²) in [6.07, 6.45) is 0. The fourth-order valence-corrected chi connectivity index (χ4v) is 11.3. The minimum absolute atomic E-state index is 0.721. The van der Waals surface area contributed by atoms with Crippen molar-refractivity contribution in [3.63, 3.8) is 0 Å². The van der Waals surface area contributed by atoms with Crippen LogP contribution < -0.4 is 0 Å². The zero-order valence-electron chi connectivity index (χ0n) is 32.7. The first-order valence-corrected chi connectivity index (χ1v) is 21.6. The van der Waals surface area contributed by atoms with E-state index in [0.29, 0.717) is 0 Å². The second-order valence-corrected chi connectivity index (χ2v) is 17.2. The molecule has 0 amide bonds. The molecule has 5 heterocycles. The smallest absolute Gasteiger partial charge is 0.160 e. The first-order valence-electron chi connectivity index (χ1n) is 20.7. The van der Waals surface area contributed by atoms with Gasteiger partial charge >= 0.3 is 0 Å². The summed E-state index contributed by atoms with van der Waals surface area (Å²) in [6, 6.07) is 70.4. The summed E-state index contributed by atoms with van der Waals surface area (Å²) >= 11 is 1.77. The van der Waals surface area contributed by atoms with E-state index in [0.717, 1.165) is 43.9 Å². The molecule has 0 fully saturated rings. The van der Waals surface area contributed by atoms with Gasteiger partial charge in [0, 0.05) is 59.2 Å². The predicted molar refractivity (Wildman–Crippen MR) is 258 cm³/mol. The molecule has 4 nitrogen and oxygen atoms in total. The molecule has 5 aromatic heterocycles. The van der Waals surface area contributed by atoms with E-state index in [4.69, 9.17) is 9.97 Å². The summed E-state index contributed by atoms with van der Waals surface area (Å²) in [5.41, 5.74) is 13.7. The molecule has 9 aromatic carbocycles. The largest absolute Gasteiger partial charge is 0.309 e. The molecule has 0 saturated heterocycles. The molecular weight excluding hydrogens is 761 g/mol. The van der Waals surface area contributed by atoms with Crippen LogP contribution in [-0.4, -0.2) is 18.9 Å². The lowest BCUT2D eigenvalue weighted by atomic mass is 10.0. The molecule has 0 spiro atoms. The quantitative estimate of drug-likeness (QED) is 0.178. The lowest BCUT2D eigenvalue weighted by molar-refractivity contribution is 1.18. The average molecular weight is 793 g/mol. The van der Waals surface area contributed by atoms with Crippen molar-refractivity contribution in [1.29, 1.82) is 0 Å². The van der Waals surface area contributed by atoms with E-state index in [1.54, 1.807) is 11.3 Å². The maximum atomic E-state index is 5.35. The minimum atomic E-state index is 0.721. The molecule has 0 radical (unpaired) electrons. The van der Waals surface area contributed by atoms with Crippen LogP contribution in [0, 0.1) is 0 Å². The third kappa shape index (κ3) is 4.64. The molecule has 5 heteroatoms. The van der Waals surface area contributed by atoms with E-state index in [1.165, 1.54) is 86.5 Å². The van der Waals surface area contributed by atoms with Crippen LogP contribution >= 0.6 is 11.3 Å². The molecule has 0 saturated carbocycles. The SMILES string of the molecule is c1ccc(-c2ccc(-c3nc(-c4ccc(-n5c6ccccc6c6c7c8ccccc8n8c9cc%10ccccc%10cc9c(cc65)c78)cc4)nc4c3sc3ccccc34)cc2)cc1. The van der Waals surface area contributed by atoms with Gasteiger partial charge in [0.25, 0.3) is 0 Å². The van der Waals surface area contributed by atoms with Crippen molar-refractivity contribution in [3.8, 4) is 39.5 Å². The van der Waals surface area contributed by atoms with Gasteiger partial charge in [-0.05, 0) is 82.6 Å². The van der Waals surface area contributed by atoms with Gasteiger partial charge in [-0.2, -0.15) is 0 Å². The third-order valence-electron chi connectivity index (χ3n) is 12.8. The molecular formula is C56H32N4S. The van der Waals surface area contributed by atoms with Crippen molar-refractivity contribution in [3.05, 3.63) is 194 Å². The molecule has 282 valence electrons. The molecule has 61 heavy (non-hydrogen) atoms. The van der Waals surface area contributed by atoms with Gasteiger partial charge in [-0.25, -0.2) is 9.97 Å². The molecule has 0 aliphatic heterocycles. The number of nitrogens with zero attached hydrogens (tertiary/aromatic N) is 4. The molecule has 0 bridgehead atoms. The topological polar surface area (TPSA) is 35.1 Å². The zero-order valence-corrected chi connectivity index (χ0v) is 33.5. The van der Waals surface area contributed by atoms with Crippen LogP contribution in [-0.2, 0) is 0 Å². The van der Waals surface area contributed by atoms with Crippen LogP contribution in [0.5, 0.6) is 0 Å². The zero-order chi connectivity index (χ0) is 39.8. The second-order valence-electron chi connectivity index (χ2n) is 16.1. The Labute approximate surface area is 353 Å². The van der Waals surface area contributed by atoms with Crippen molar-refractivity contribution < 1.29 is 0 Å². The molecule has 0 aliphatic carbocycles. The first kappa shape index (κ1) is 33.0. The van der Waals surface area contributed by atoms with Gasteiger partial charge in [-0.1, -0.05) is 133 Å². The van der Waals surface area contributed by atoms with E-state index < -0.39 is 0 Å². The van der Waals surface area contributed by atoms with Crippen molar-refractivity contribution >= 4 is 102 Å². The number of aromatic nitrogens is 4. The van der Waals surface area contributed by atoms with Crippen molar-refractivity contribution in [1.82, 2.24) is 18.9 Å². The second kappa shape index (κ2) is 12.3. The normalized spacial score (nSPS) is 12.3. The predicted octanol–water partition coefficient (Wildman–Crippen LogP) is 15.2. The Morgan fingerprint density at radius 1 is 0.393 bits per heavy atom. The fraction of sp³-hybridized carbons (Fsp3) is 0. The van der Waals surface area contributed by atoms with Gasteiger partial charge in [0.2, 0.25) is 0 Å². The molecule has 14 aromatic rings. The van der Waals surface area contributed by atoms with Gasteiger partial charge in [0.05, 0.1) is 43.5 Å². The van der Waals surface area contributed by atoms with E-state index in [-0.39, 0.29) is 0 Å². The summed E-state index contributed by atoms with van der Waals surface area (Å²) < 4.78 is 7.27. The number of para-hydroxylation sites is 2. The number of thiophene rings is 1. The Balaban J connectivity index is 0.982. The number of benzene rings is 9. The van der Waals surface area contributed by atoms with Crippen LogP contribution in [0.1, 0.15) is 0 Å². The molecule has 14 rings (SSSR count). The Morgan fingerprint density at radius 3 is 1.82 bits per heavy atom. The van der Waals surface area contributed by atoms with Crippen LogP contribution in [0.4, 0.5) is 0 Å². The lowest BCUT2D eigenvalue weighted by Gasteiger charge is -2.11. The van der Waals surface area contributed by atoms with E-state index in [1.807, 2.05) is 0 Å². The van der Waals surface area contributed by atoms with Gasteiger partial charge in [0.15, 0.2) is 5.82 Å². The average Bonchev–Trinajstić information content (AvgIpc) is 4.06. The number of rotatable bonds is 4. The Hall–Kier alpha value is -7.86. The van der Waals surface area contributed by atoms with Crippen LogP contribution in [0.2, 0.25) is 0 Å². The van der Waals surface area contributed by atoms with Crippen molar-refractivity contribution in [2.75, 3.05) is 0 Å². The Morgan fingerprint density at radius 2 is 1.02 bits per heavy atom. The standard InChI is InChI=1S/C56H32N4S/c1-2-12-33(13-3-1)34-22-24-35(25-23-34)52-55-53(42-18-8-11-21-49(42)61-55)58-56(57-52)36-26-28-39(29-27-36)59-45-19-9-6-16-40(45)50-48(59)32-44-43-30-37-14-4-5-15-38(37)31-47(43)60-46-20-10-7-17-41(46)51(50)54(44)60/h1-32H. The maximum absolute atomic E-state index is 5.35. The van der Waals surface area contributed by atoms with E-state index >= 15 is 0 Å². The highest BCUT2D eigenvalue weighted by Crippen LogP contribution is 2.47. The molecule has 0 N–H and O–H groups in total. The minimum Gasteiger partial charge on any atom is -0.309 e. The van der Waals surface area contributed by atoms with Crippen molar-refractivity contribution in [2.24, 2.45) is 0 Å². The summed E-state index contributed by atoms with van der Waals surface area (Å²) in [7, 11) is 0. The van der Waals surface area contributed by atoms with Crippen molar-refractivity contribution in [2.45, 2.75) is 0 Å². The number of hydrogen-bond donors (Lipinski definition) is 0. The number of fused-ring (bicyclic) bond motifs is 14. The third-order valence-corrected chi connectivity index (χ3v) is 14.0. The summed E-state index contributed by atoms with van der Waals surface area (Å²) in [5, 5.41) is 11.3. The van der Waals surface area contributed by atoms with Crippen LogP contribution in [0.3, 0.4) is 0 Å². The molecule has 0 unspecified atom stereocenters. The van der Waals surface area contributed by atoms with Gasteiger partial charge in [-0.15, -0.1) is 11.3 Å². The van der Waals surface area contributed by atoms with E-state index in [9.17, 15) is 0 Å². The number of hydrogen-bond acceptors (Lipinski definition) is 3. The highest BCUT2D eigenvalue weighted by atomic mass is 32.1. The summed E-state index contributed by atoms with van der Waals surface area (Å²) in [5.74, 6) is 0.721. The van der Waals surface area contributed by atoms with E-state index in [2.05, 4.69) is 203 Å². The molecule has 0 atom stereocenters. The highest BCUT2D eigenvalue weighted by molar-refractivity contribution is 7.26. The Kier molecular flexibility index (Phi) is 6.68. The summed E-state index contributed by atoms with van der Waals surface area (Å²) in [4.78, 5) is 10.6. The van der Waals surface area contributed by atoms with Crippen LogP contribution in [0.25, 0.3) is 130 Å². The van der Waals surface area contributed by atoms with Crippen LogP contribution in [0.15, 0.2) is 194 Å². The fourth-order valence-electron chi connectivity index (χ4n) is 10.1. The summed E-state index contributed by atoms with van der Waals surface area (Å²) in [6.45, 7) is 0. The van der Waals surface area contributed by atoms with Gasteiger partial charge in [-0.3, -0.25) is 0 Å². The highest BCUT2D eigenvalue weighted by Gasteiger charge is 2.25. The monoisotopic (exact) mass is 792 g/mol. The first-order chi connectivity index (χ1) is 30.2. The van der Waals surface area contributed by atoms with Gasteiger partial charge < -0.3 is 8.97 Å².